The highest BCUT2D eigenvalue weighted by Gasteiger charge is 2.33. The maximum Gasteiger partial charge on any atom is 0.160 e. The molecule has 0 saturated carbocycles. The maximum atomic E-state index is 9.90. The molecule has 86 valence electrons. The zero-order valence-electron chi connectivity index (χ0n) is 9.24. The van der Waals surface area contributed by atoms with Crippen LogP contribution < -0.4 is 5.73 Å². The van der Waals surface area contributed by atoms with Gasteiger partial charge in [-0.1, -0.05) is 0 Å². The second kappa shape index (κ2) is 3.39. The van der Waals surface area contributed by atoms with E-state index >= 15 is 0 Å². The third-order valence-electron chi connectivity index (χ3n) is 4.09. The lowest BCUT2D eigenvalue weighted by atomic mass is 9.71. The first-order valence-corrected chi connectivity index (χ1v) is 6.00. The molecule has 0 aliphatic heterocycles. The smallest absolute Gasteiger partial charge is 0.160 e. The van der Waals surface area contributed by atoms with E-state index in [1.807, 2.05) is 0 Å². The summed E-state index contributed by atoms with van der Waals surface area (Å²) in [5, 5.41) is 19.6. The van der Waals surface area contributed by atoms with Gasteiger partial charge in [-0.25, -0.2) is 0 Å². The molecule has 3 rings (SSSR count). The quantitative estimate of drug-likeness (QED) is 0.583. The van der Waals surface area contributed by atoms with Crippen molar-refractivity contribution in [2.24, 2.45) is 5.73 Å². The molecule has 2 atom stereocenters. The molecule has 0 amide bonds. The number of hydrogen-bond donors (Lipinski definition) is 3. The van der Waals surface area contributed by atoms with E-state index in [9.17, 15) is 10.2 Å². The van der Waals surface area contributed by atoms with E-state index in [1.165, 1.54) is 11.1 Å². The molecule has 0 radical (unpaired) electrons. The Kier molecular flexibility index (Phi) is 2.11. The van der Waals surface area contributed by atoms with Crippen molar-refractivity contribution in [3.05, 3.63) is 22.8 Å². The Bertz CT molecular complexity index is 442. The Hall–Kier alpha value is -1.22. The molecule has 0 fully saturated rings. The maximum absolute atomic E-state index is 9.90. The standard InChI is InChI=1S/C13H17NO2/c14-10-5-4-7-6-11(15)13(16)9-3-1-2-8(10)12(7)9/h6,8,10,15-16H,1-5,14H2/t8-,10+/m0/s1. The highest BCUT2D eigenvalue weighted by molar-refractivity contribution is 5.56. The van der Waals surface area contributed by atoms with Crippen molar-refractivity contribution in [3.63, 3.8) is 0 Å². The van der Waals surface area contributed by atoms with Crippen molar-refractivity contribution in [2.45, 2.75) is 44.1 Å². The van der Waals surface area contributed by atoms with Gasteiger partial charge in [-0.15, -0.1) is 0 Å². The van der Waals surface area contributed by atoms with Crippen LogP contribution in [0.1, 0.15) is 41.9 Å². The highest BCUT2D eigenvalue weighted by Crippen LogP contribution is 2.46. The Morgan fingerprint density at radius 3 is 2.81 bits per heavy atom. The monoisotopic (exact) mass is 219 g/mol. The number of benzene rings is 1. The first kappa shape index (κ1) is 9.97. The molecule has 2 aliphatic carbocycles. The number of aryl methyl sites for hydroxylation is 1. The van der Waals surface area contributed by atoms with Crippen LogP contribution in [0.2, 0.25) is 0 Å². The van der Waals surface area contributed by atoms with Gasteiger partial charge >= 0.3 is 0 Å². The molecule has 1 aromatic rings. The zero-order valence-corrected chi connectivity index (χ0v) is 9.24. The average molecular weight is 219 g/mol. The lowest BCUT2D eigenvalue weighted by Crippen LogP contribution is -2.35. The fourth-order valence-corrected chi connectivity index (χ4v) is 3.30. The molecule has 4 N–H and O–H groups in total. The van der Waals surface area contributed by atoms with Gasteiger partial charge in [0.1, 0.15) is 0 Å². The molecule has 3 nitrogen and oxygen atoms in total. The Balaban J connectivity index is 2.24. The fraction of sp³-hybridized carbons (Fsp3) is 0.538. The molecule has 0 saturated heterocycles. The van der Waals surface area contributed by atoms with E-state index in [0.717, 1.165) is 37.7 Å². The van der Waals surface area contributed by atoms with E-state index in [4.69, 9.17) is 5.73 Å². The summed E-state index contributed by atoms with van der Waals surface area (Å²) in [6, 6.07) is 1.94. The molecule has 0 heterocycles. The molecule has 16 heavy (non-hydrogen) atoms. The summed E-state index contributed by atoms with van der Waals surface area (Å²) in [6.07, 6.45) is 4.95. The fourth-order valence-electron chi connectivity index (χ4n) is 3.30. The van der Waals surface area contributed by atoms with Crippen LogP contribution in [0, 0.1) is 0 Å². The summed E-state index contributed by atoms with van der Waals surface area (Å²) in [7, 11) is 0. The minimum Gasteiger partial charge on any atom is -0.504 e. The van der Waals surface area contributed by atoms with Crippen molar-refractivity contribution in [2.75, 3.05) is 0 Å². The van der Waals surface area contributed by atoms with Gasteiger partial charge in [0.15, 0.2) is 11.5 Å². The molecular formula is C13H17NO2. The van der Waals surface area contributed by atoms with E-state index in [1.54, 1.807) is 6.07 Å². The second-order valence-corrected chi connectivity index (χ2v) is 5.00. The van der Waals surface area contributed by atoms with Crippen molar-refractivity contribution in [3.8, 4) is 11.5 Å². The predicted molar refractivity (Wildman–Crippen MR) is 61.7 cm³/mol. The summed E-state index contributed by atoms with van der Waals surface area (Å²) in [5.74, 6) is 0.501. The molecule has 0 spiro atoms. The molecule has 3 heteroatoms. The van der Waals surface area contributed by atoms with Gasteiger partial charge in [0.25, 0.3) is 0 Å². The summed E-state index contributed by atoms with van der Waals surface area (Å²) >= 11 is 0. The normalized spacial score (nSPS) is 27.6. The van der Waals surface area contributed by atoms with Crippen LogP contribution in [-0.4, -0.2) is 16.3 Å². The van der Waals surface area contributed by atoms with Crippen molar-refractivity contribution in [1.29, 1.82) is 0 Å². The molecule has 0 unspecified atom stereocenters. The van der Waals surface area contributed by atoms with E-state index < -0.39 is 0 Å². The molecular weight excluding hydrogens is 202 g/mol. The first-order chi connectivity index (χ1) is 7.68. The lowest BCUT2D eigenvalue weighted by molar-refractivity contribution is 0.374. The molecule has 0 aromatic heterocycles. The third kappa shape index (κ3) is 1.24. The highest BCUT2D eigenvalue weighted by atomic mass is 16.3. The molecule has 1 aromatic carbocycles. The summed E-state index contributed by atoms with van der Waals surface area (Å²) in [4.78, 5) is 0. The minimum atomic E-state index is 0.0323. The van der Waals surface area contributed by atoms with Crippen LogP contribution in [0.25, 0.3) is 0 Å². The molecule has 2 aliphatic rings. The number of hydrogen-bond acceptors (Lipinski definition) is 3. The first-order valence-electron chi connectivity index (χ1n) is 6.00. The van der Waals surface area contributed by atoms with Crippen molar-refractivity contribution < 1.29 is 10.2 Å². The van der Waals surface area contributed by atoms with Gasteiger partial charge < -0.3 is 15.9 Å². The lowest BCUT2D eigenvalue weighted by Gasteiger charge is -2.36. The van der Waals surface area contributed by atoms with Crippen LogP contribution in [0.3, 0.4) is 0 Å². The SMILES string of the molecule is N[C@@H]1CCc2cc(O)c(O)c3c2[C@H]1CCC3. The number of aromatic hydroxyl groups is 2. The van der Waals surface area contributed by atoms with E-state index in [-0.39, 0.29) is 17.5 Å². The van der Waals surface area contributed by atoms with Crippen LogP contribution in [-0.2, 0) is 12.8 Å². The van der Waals surface area contributed by atoms with Gasteiger partial charge in [0, 0.05) is 11.6 Å². The van der Waals surface area contributed by atoms with E-state index in [0.29, 0.717) is 5.92 Å². The minimum absolute atomic E-state index is 0.0323. The van der Waals surface area contributed by atoms with E-state index in [2.05, 4.69) is 0 Å². The number of phenols is 2. The Morgan fingerprint density at radius 1 is 1.19 bits per heavy atom. The third-order valence-corrected chi connectivity index (χ3v) is 4.09. The zero-order chi connectivity index (χ0) is 11.3. The summed E-state index contributed by atoms with van der Waals surface area (Å²) in [5.41, 5.74) is 9.52. The van der Waals surface area contributed by atoms with Gasteiger partial charge in [-0.2, -0.15) is 0 Å². The van der Waals surface area contributed by atoms with Crippen LogP contribution >= 0.6 is 0 Å². The second-order valence-electron chi connectivity index (χ2n) is 5.00. The Labute approximate surface area is 94.9 Å². The molecule has 0 bridgehead atoms. The number of phenolic OH excluding ortho intramolecular Hbond substituents is 2. The van der Waals surface area contributed by atoms with Gasteiger partial charge in [-0.3, -0.25) is 0 Å². The van der Waals surface area contributed by atoms with Gasteiger partial charge in [-0.05, 0) is 55.2 Å². The predicted octanol–water partition coefficient (Wildman–Crippen LogP) is 1.79. The largest absolute Gasteiger partial charge is 0.504 e. The summed E-state index contributed by atoms with van der Waals surface area (Å²) < 4.78 is 0. The van der Waals surface area contributed by atoms with Crippen molar-refractivity contribution in [1.82, 2.24) is 0 Å². The van der Waals surface area contributed by atoms with Crippen molar-refractivity contribution >= 4 is 0 Å². The number of nitrogens with two attached hydrogens (primary N) is 1. The number of rotatable bonds is 0. The van der Waals surface area contributed by atoms with Crippen LogP contribution in [0.15, 0.2) is 6.07 Å². The Morgan fingerprint density at radius 2 is 2.00 bits per heavy atom. The topological polar surface area (TPSA) is 66.5 Å². The van der Waals surface area contributed by atoms with Gasteiger partial charge in [0.2, 0.25) is 0 Å². The summed E-state index contributed by atoms with van der Waals surface area (Å²) in [6.45, 7) is 0. The average Bonchev–Trinajstić information content (AvgIpc) is 2.30. The van der Waals surface area contributed by atoms with Crippen LogP contribution in [0.4, 0.5) is 0 Å². The van der Waals surface area contributed by atoms with Crippen LogP contribution in [0.5, 0.6) is 11.5 Å². The van der Waals surface area contributed by atoms with Gasteiger partial charge in [0.05, 0.1) is 0 Å².